The molecule has 1 aromatic carbocycles. The molecule has 1 amide bonds. The van der Waals surface area contributed by atoms with Crippen molar-refractivity contribution < 1.29 is 14.5 Å². The van der Waals surface area contributed by atoms with Crippen LogP contribution in [-0.4, -0.2) is 26.3 Å². The molecular formula is C14H13ClN4O4S. The number of nitro groups is 1. The van der Waals surface area contributed by atoms with E-state index in [1.807, 2.05) is 0 Å². The molecule has 0 unspecified atom stereocenters. The van der Waals surface area contributed by atoms with Crippen molar-refractivity contribution in [3.63, 3.8) is 0 Å². The number of nitro benzene ring substituents is 1. The monoisotopic (exact) mass is 368 g/mol. The fraction of sp³-hybridized carbons (Fsp3) is 0.286. The molecule has 0 aliphatic rings. The van der Waals surface area contributed by atoms with Crippen LogP contribution in [0.5, 0.6) is 0 Å². The van der Waals surface area contributed by atoms with E-state index in [9.17, 15) is 19.7 Å². The summed E-state index contributed by atoms with van der Waals surface area (Å²) in [6.07, 6.45) is 1.58. The summed E-state index contributed by atoms with van der Waals surface area (Å²) in [5, 5.41) is 21.6. The van der Waals surface area contributed by atoms with Gasteiger partial charge in [0.05, 0.1) is 4.92 Å². The maximum Gasteiger partial charge on any atom is 0.270 e. The summed E-state index contributed by atoms with van der Waals surface area (Å²) < 4.78 is 0. The molecule has 0 spiro atoms. The van der Waals surface area contributed by atoms with Gasteiger partial charge in [-0.1, -0.05) is 23.5 Å². The topological polar surface area (TPSA) is 115 Å². The van der Waals surface area contributed by atoms with Crippen molar-refractivity contribution in [3.8, 4) is 10.6 Å². The normalized spacial score (nSPS) is 10.4. The molecule has 0 saturated carbocycles. The van der Waals surface area contributed by atoms with Crippen LogP contribution in [0.4, 0.5) is 10.8 Å². The molecule has 1 heterocycles. The Labute approximate surface area is 146 Å². The van der Waals surface area contributed by atoms with Crippen LogP contribution in [0.1, 0.15) is 25.7 Å². The SMILES string of the molecule is O=C(Cl)CCCCC(=O)Nc1nnc(-c2cccc([N+](=O)[O-])c2)s1. The molecule has 8 nitrogen and oxygen atoms in total. The average Bonchev–Trinajstić information content (AvgIpc) is 3.00. The molecule has 10 heteroatoms. The van der Waals surface area contributed by atoms with E-state index in [2.05, 4.69) is 15.5 Å². The van der Waals surface area contributed by atoms with Gasteiger partial charge < -0.3 is 5.32 Å². The minimum absolute atomic E-state index is 0.0397. The zero-order valence-electron chi connectivity index (χ0n) is 12.4. The number of amides is 1. The van der Waals surface area contributed by atoms with Gasteiger partial charge in [-0.3, -0.25) is 19.7 Å². The fourth-order valence-electron chi connectivity index (χ4n) is 1.87. The lowest BCUT2D eigenvalue weighted by Gasteiger charge is -2.00. The highest BCUT2D eigenvalue weighted by Gasteiger charge is 2.12. The highest BCUT2D eigenvalue weighted by atomic mass is 35.5. The van der Waals surface area contributed by atoms with Gasteiger partial charge in [0.15, 0.2) is 0 Å². The van der Waals surface area contributed by atoms with Gasteiger partial charge in [0, 0.05) is 30.5 Å². The fourth-order valence-corrected chi connectivity index (χ4v) is 2.76. The van der Waals surface area contributed by atoms with Gasteiger partial charge in [-0.05, 0) is 24.4 Å². The van der Waals surface area contributed by atoms with Crippen molar-refractivity contribution in [3.05, 3.63) is 34.4 Å². The van der Waals surface area contributed by atoms with E-state index in [4.69, 9.17) is 11.6 Å². The number of non-ortho nitro benzene ring substituents is 1. The molecule has 0 atom stereocenters. The highest BCUT2D eigenvalue weighted by molar-refractivity contribution is 7.18. The lowest BCUT2D eigenvalue weighted by atomic mass is 10.2. The first-order chi connectivity index (χ1) is 11.5. The number of rotatable bonds is 8. The third-order valence-electron chi connectivity index (χ3n) is 3.00. The van der Waals surface area contributed by atoms with E-state index >= 15 is 0 Å². The smallest absolute Gasteiger partial charge is 0.270 e. The number of hydrogen-bond donors (Lipinski definition) is 1. The molecule has 0 bridgehead atoms. The van der Waals surface area contributed by atoms with Crippen LogP contribution in [-0.2, 0) is 9.59 Å². The van der Waals surface area contributed by atoms with Gasteiger partial charge in [-0.15, -0.1) is 10.2 Å². The van der Waals surface area contributed by atoms with E-state index in [1.165, 1.54) is 12.1 Å². The summed E-state index contributed by atoms with van der Waals surface area (Å²) in [7, 11) is 0. The van der Waals surface area contributed by atoms with Gasteiger partial charge in [0.25, 0.3) is 5.69 Å². The highest BCUT2D eigenvalue weighted by Crippen LogP contribution is 2.28. The number of carbonyl (C=O) groups excluding carboxylic acids is 2. The van der Waals surface area contributed by atoms with Crippen molar-refractivity contribution in [1.82, 2.24) is 10.2 Å². The van der Waals surface area contributed by atoms with Crippen LogP contribution in [0, 0.1) is 10.1 Å². The Kier molecular flexibility index (Phi) is 6.33. The Hall–Kier alpha value is -2.39. The number of nitrogens with zero attached hydrogens (tertiary/aromatic N) is 3. The summed E-state index contributed by atoms with van der Waals surface area (Å²) in [6, 6.07) is 6.03. The Balaban J connectivity index is 1.93. The van der Waals surface area contributed by atoms with Crippen LogP contribution in [0.3, 0.4) is 0 Å². The predicted octanol–water partition coefficient (Wildman–Crippen LogP) is 3.38. The quantitative estimate of drug-likeness (QED) is 0.330. The minimum Gasteiger partial charge on any atom is -0.301 e. The molecule has 24 heavy (non-hydrogen) atoms. The van der Waals surface area contributed by atoms with Crippen LogP contribution in [0.2, 0.25) is 0 Å². The van der Waals surface area contributed by atoms with E-state index in [0.717, 1.165) is 11.3 Å². The largest absolute Gasteiger partial charge is 0.301 e. The van der Waals surface area contributed by atoms with Crippen LogP contribution < -0.4 is 5.32 Å². The van der Waals surface area contributed by atoms with E-state index in [-0.39, 0.29) is 24.4 Å². The van der Waals surface area contributed by atoms with Gasteiger partial charge in [-0.2, -0.15) is 0 Å². The first-order valence-electron chi connectivity index (χ1n) is 7.02. The standard InChI is InChI=1S/C14H13ClN4O4S/c15-11(20)6-1-2-7-12(21)16-14-18-17-13(24-14)9-4-3-5-10(8-9)19(22)23/h3-5,8H,1-2,6-7H2,(H,16,18,21). The second-order valence-corrected chi connectivity index (χ2v) is 6.23. The van der Waals surface area contributed by atoms with Gasteiger partial charge in [0.1, 0.15) is 5.01 Å². The first kappa shape index (κ1) is 18.0. The van der Waals surface area contributed by atoms with Crippen molar-refractivity contribution in [2.75, 3.05) is 5.32 Å². The molecule has 2 rings (SSSR count). The summed E-state index contributed by atoms with van der Waals surface area (Å²) >= 11 is 6.34. The number of aromatic nitrogens is 2. The van der Waals surface area contributed by atoms with Crippen molar-refractivity contribution in [2.24, 2.45) is 0 Å². The molecule has 0 aliphatic heterocycles. The molecule has 1 aromatic heterocycles. The zero-order chi connectivity index (χ0) is 17.5. The third kappa shape index (κ3) is 5.36. The summed E-state index contributed by atoms with van der Waals surface area (Å²) in [5.74, 6) is -0.237. The van der Waals surface area contributed by atoms with Gasteiger partial charge in [0.2, 0.25) is 16.3 Å². The second-order valence-electron chi connectivity index (χ2n) is 4.83. The molecule has 0 fully saturated rings. The molecule has 1 N–H and O–H groups in total. The Morgan fingerprint density at radius 1 is 1.25 bits per heavy atom. The van der Waals surface area contributed by atoms with Gasteiger partial charge >= 0.3 is 0 Å². The first-order valence-corrected chi connectivity index (χ1v) is 8.21. The number of nitrogens with one attached hydrogen (secondary N) is 1. The molecule has 0 saturated heterocycles. The maximum absolute atomic E-state index is 11.8. The molecular weight excluding hydrogens is 356 g/mol. The maximum atomic E-state index is 11.8. The number of benzene rings is 1. The number of hydrogen-bond acceptors (Lipinski definition) is 7. The summed E-state index contributed by atoms with van der Waals surface area (Å²) in [4.78, 5) is 32.7. The number of carbonyl (C=O) groups is 2. The molecule has 0 radical (unpaired) electrons. The van der Waals surface area contributed by atoms with Crippen molar-refractivity contribution in [1.29, 1.82) is 0 Å². The Morgan fingerprint density at radius 3 is 2.71 bits per heavy atom. The van der Waals surface area contributed by atoms with E-state index in [1.54, 1.807) is 12.1 Å². The predicted molar refractivity (Wildman–Crippen MR) is 90.0 cm³/mol. The molecule has 2 aromatic rings. The Morgan fingerprint density at radius 2 is 2.00 bits per heavy atom. The van der Waals surface area contributed by atoms with Crippen molar-refractivity contribution in [2.45, 2.75) is 25.7 Å². The van der Waals surface area contributed by atoms with E-state index in [0.29, 0.717) is 28.5 Å². The van der Waals surface area contributed by atoms with Crippen molar-refractivity contribution >= 4 is 44.9 Å². The summed E-state index contributed by atoms with van der Waals surface area (Å²) in [6.45, 7) is 0. The molecule has 0 aliphatic carbocycles. The number of unbranched alkanes of at least 4 members (excludes halogenated alkanes) is 1. The second kappa shape index (κ2) is 8.46. The number of anilines is 1. The number of halogens is 1. The lowest BCUT2D eigenvalue weighted by Crippen LogP contribution is -2.10. The zero-order valence-corrected chi connectivity index (χ0v) is 14.0. The Bertz CT molecular complexity index is 765. The van der Waals surface area contributed by atoms with Crippen LogP contribution >= 0.6 is 22.9 Å². The third-order valence-corrected chi connectivity index (χ3v) is 4.08. The lowest BCUT2D eigenvalue weighted by molar-refractivity contribution is -0.384. The van der Waals surface area contributed by atoms with Gasteiger partial charge in [-0.25, -0.2) is 0 Å². The average molecular weight is 369 g/mol. The van der Waals surface area contributed by atoms with Crippen LogP contribution in [0.15, 0.2) is 24.3 Å². The summed E-state index contributed by atoms with van der Waals surface area (Å²) in [5.41, 5.74) is 0.518. The minimum atomic E-state index is -0.487. The molecule has 126 valence electrons. The van der Waals surface area contributed by atoms with Crippen LogP contribution in [0.25, 0.3) is 10.6 Å². The van der Waals surface area contributed by atoms with E-state index < -0.39 is 10.2 Å².